The summed E-state index contributed by atoms with van der Waals surface area (Å²) in [5.74, 6) is 0.0766. The first kappa shape index (κ1) is 14.8. The lowest BCUT2D eigenvalue weighted by molar-refractivity contribution is -0.144. The van der Waals surface area contributed by atoms with Crippen LogP contribution in [0.1, 0.15) is 52.9 Å². The van der Waals surface area contributed by atoms with E-state index in [1.165, 1.54) is 13.0 Å². The van der Waals surface area contributed by atoms with Crippen molar-refractivity contribution >= 4 is 5.97 Å². The Balaban J connectivity index is 1.77. The van der Waals surface area contributed by atoms with E-state index in [9.17, 15) is 9.90 Å². The molecule has 1 saturated heterocycles. The van der Waals surface area contributed by atoms with Gasteiger partial charge in [-0.1, -0.05) is 6.92 Å². The predicted octanol–water partition coefficient (Wildman–Crippen LogP) is 2.09. The van der Waals surface area contributed by atoms with E-state index in [0.717, 1.165) is 38.1 Å². The summed E-state index contributed by atoms with van der Waals surface area (Å²) in [5.41, 5.74) is -0.740. The van der Waals surface area contributed by atoms with E-state index in [4.69, 9.17) is 0 Å². The maximum absolute atomic E-state index is 11.5. The number of aliphatic carboxylic acids is 1. The van der Waals surface area contributed by atoms with Crippen LogP contribution in [0.25, 0.3) is 0 Å². The van der Waals surface area contributed by atoms with Crippen molar-refractivity contribution in [3.05, 3.63) is 0 Å². The first-order chi connectivity index (χ1) is 8.90. The molecular formula is C15H28N2O2. The molecule has 2 N–H and O–H groups in total. The van der Waals surface area contributed by atoms with Crippen molar-refractivity contribution in [2.75, 3.05) is 13.1 Å². The summed E-state index contributed by atoms with van der Waals surface area (Å²) in [6.07, 6.45) is 5.21. The molecule has 0 bridgehead atoms. The molecule has 2 aliphatic rings. The van der Waals surface area contributed by atoms with Crippen LogP contribution in [0.2, 0.25) is 0 Å². The van der Waals surface area contributed by atoms with E-state index < -0.39 is 11.5 Å². The Morgan fingerprint density at radius 2 is 2.11 bits per heavy atom. The lowest BCUT2D eigenvalue weighted by Crippen LogP contribution is -2.51. The van der Waals surface area contributed by atoms with Crippen LogP contribution in [0, 0.1) is 5.92 Å². The van der Waals surface area contributed by atoms with Gasteiger partial charge in [-0.15, -0.1) is 0 Å². The molecule has 3 atom stereocenters. The highest BCUT2D eigenvalue weighted by Crippen LogP contribution is 2.26. The van der Waals surface area contributed by atoms with Crippen molar-refractivity contribution in [1.29, 1.82) is 0 Å². The molecule has 4 heteroatoms. The third-order valence-electron chi connectivity index (χ3n) is 4.61. The van der Waals surface area contributed by atoms with Crippen LogP contribution in [-0.4, -0.2) is 46.7 Å². The third-order valence-corrected chi connectivity index (χ3v) is 4.61. The lowest BCUT2D eigenvalue weighted by Gasteiger charge is -2.28. The van der Waals surface area contributed by atoms with Gasteiger partial charge in [0.1, 0.15) is 5.54 Å². The summed E-state index contributed by atoms with van der Waals surface area (Å²) in [6.45, 7) is 8.61. The quantitative estimate of drug-likeness (QED) is 0.742. The summed E-state index contributed by atoms with van der Waals surface area (Å²) >= 11 is 0. The molecule has 2 rings (SSSR count). The fourth-order valence-corrected chi connectivity index (χ4v) is 3.25. The fraction of sp³-hybridized carbons (Fsp3) is 0.933. The molecule has 0 amide bonds. The zero-order valence-electron chi connectivity index (χ0n) is 12.5. The molecular weight excluding hydrogens is 240 g/mol. The molecule has 110 valence electrons. The maximum atomic E-state index is 11.5. The molecule has 4 nitrogen and oxygen atoms in total. The van der Waals surface area contributed by atoms with Crippen LogP contribution < -0.4 is 5.32 Å². The average molecular weight is 268 g/mol. The van der Waals surface area contributed by atoms with Crippen molar-refractivity contribution < 1.29 is 9.90 Å². The Morgan fingerprint density at radius 3 is 2.58 bits per heavy atom. The molecule has 0 aromatic heterocycles. The minimum Gasteiger partial charge on any atom is -0.480 e. The number of nitrogens with one attached hydrogen (secondary N) is 1. The molecule has 3 unspecified atom stereocenters. The number of carbonyl (C=O) groups is 1. The van der Waals surface area contributed by atoms with Gasteiger partial charge in [-0.05, 0) is 58.4 Å². The Morgan fingerprint density at radius 1 is 1.42 bits per heavy atom. The monoisotopic (exact) mass is 268 g/mol. The van der Waals surface area contributed by atoms with Gasteiger partial charge in [-0.25, -0.2) is 0 Å². The van der Waals surface area contributed by atoms with Gasteiger partial charge < -0.3 is 10.0 Å². The van der Waals surface area contributed by atoms with E-state index in [-0.39, 0.29) is 0 Å². The van der Waals surface area contributed by atoms with Gasteiger partial charge in [0.25, 0.3) is 0 Å². The Kier molecular flexibility index (Phi) is 4.51. The van der Waals surface area contributed by atoms with Gasteiger partial charge in [0.15, 0.2) is 0 Å². The number of carboxylic acid groups (broad SMARTS) is 1. The highest BCUT2D eigenvalue weighted by atomic mass is 16.4. The summed E-state index contributed by atoms with van der Waals surface area (Å²) in [6, 6.07) is 1.09. The van der Waals surface area contributed by atoms with E-state index in [1.54, 1.807) is 0 Å². The molecule has 1 aliphatic carbocycles. The summed E-state index contributed by atoms with van der Waals surface area (Å²) in [5, 5.41) is 12.7. The van der Waals surface area contributed by atoms with Crippen molar-refractivity contribution in [1.82, 2.24) is 10.2 Å². The third kappa shape index (κ3) is 3.93. The number of hydrogen-bond donors (Lipinski definition) is 2. The number of rotatable bonds is 7. The first-order valence-electron chi connectivity index (χ1n) is 7.66. The van der Waals surface area contributed by atoms with Crippen molar-refractivity contribution in [3.8, 4) is 0 Å². The molecule has 0 radical (unpaired) electrons. The summed E-state index contributed by atoms with van der Waals surface area (Å²) in [4.78, 5) is 14.0. The van der Waals surface area contributed by atoms with E-state index in [2.05, 4.69) is 24.1 Å². The van der Waals surface area contributed by atoms with Gasteiger partial charge in [-0.2, -0.15) is 0 Å². The van der Waals surface area contributed by atoms with Gasteiger partial charge in [-0.3, -0.25) is 10.1 Å². The van der Waals surface area contributed by atoms with Gasteiger partial charge in [0, 0.05) is 18.6 Å². The smallest absolute Gasteiger partial charge is 0.323 e. The number of nitrogens with zero attached hydrogens (tertiary/aromatic N) is 1. The second-order valence-electron chi connectivity index (χ2n) is 6.84. The molecule has 2 fully saturated rings. The molecule has 1 aliphatic heterocycles. The second kappa shape index (κ2) is 5.80. The minimum absolute atomic E-state index is 0.437. The number of carboxylic acids is 1. The lowest BCUT2D eigenvalue weighted by atomic mass is 9.95. The molecule has 1 saturated carbocycles. The molecule has 0 aromatic rings. The summed E-state index contributed by atoms with van der Waals surface area (Å²) < 4.78 is 0. The Hall–Kier alpha value is -0.610. The number of hydrogen-bond acceptors (Lipinski definition) is 3. The minimum atomic E-state index is -0.740. The van der Waals surface area contributed by atoms with E-state index >= 15 is 0 Å². The SMILES string of the molecule is CC1CC(C)N(CCCC(C)(NC2CC2)C(=O)O)C1. The molecule has 19 heavy (non-hydrogen) atoms. The van der Waals surface area contributed by atoms with E-state index in [1.807, 2.05) is 6.92 Å². The fourth-order valence-electron chi connectivity index (χ4n) is 3.25. The van der Waals surface area contributed by atoms with Crippen LogP contribution in [0.4, 0.5) is 0 Å². The molecule has 1 heterocycles. The van der Waals surface area contributed by atoms with Crippen molar-refractivity contribution in [3.63, 3.8) is 0 Å². The zero-order chi connectivity index (χ0) is 14.0. The van der Waals surface area contributed by atoms with Gasteiger partial charge in [0.05, 0.1) is 0 Å². The van der Waals surface area contributed by atoms with Crippen LogP contribution >= 0.6 is 0 Å². The largest absolute Gasteiger partial charge is 0.480 e. The Bertz CT molecular complexity index is 330. The highest BCUT2D eigenvalue weighted by Gasteiger charge is 2.38. The molecule has 0 spiro atoms. The summed E-state index contributed by atoms with van der Waals surface area (Å²) in [7, 11) is 0. The number of likely N-dealkylation sites (tertiary alicyclic amines) is 1. The predicted molar refractivity (Wildman–Crippen MR) is 76.2 cm³/mol. The van der Waals surface area contributed by atoms with Gasteiger partial charge in [0.2, 0.25) is 0 Å². The maximum Gasteiger partial charge on any atom is 0.323 e. The molecule has 0 aromatic carbocycles. The van der Waals surface area contributed by atoms with Crippen LogP contribution in [0.5, 0.6) is 0 Å². The average Bonchev–Trinajstić information content (AvgIpc) is 3.05. The topological polar surface area (TPSA) is 52.6 Å². The Labute approximate surface area is 116 Å². The zero-order valence-corrected chi connectivity index (χ0v) is 12.5. The highest BCUT2D eigenvalue weighted by molar-refractivity contribution is 5.78. The van der Waals surface area contributed by atoms with E-state index in [0.29, 0.717) is 12.1 Å². The van der Waals surface area contributed by atoms with Crippen LogP contribution in [0.15, 0.2) is 0 Å². The van der Waals surface area contributed by atoms with Crippen LogP contribution in [-0.2, 0) is 4.79 Å². The van der Waals surface area contributed by atoms with Gasteiger partial charge >= 0.3 is 5.97 Å². The first-order valence-corrected chi connectivity index (χ1v) is 7.66. The van der Waals surface area contributed by atoms with Crippen LogP contribution in [0.3, 0.4) is 0 Å². The normalized spacial score (nSPS) is 31.3. The van der Waals surface area contributed by atoms with Crippen molar-refractivity contribution in [2.24, 2.45) is 5.92 Å². The second-order valence-corrected chi connectivity index (χ2v) is 6.84. The van der Waals surface area contributed by atoms with Crippen molar-refractivity contribution in [2.45, 2.75) is 70.5 Å². The standard InChI is InChI=1S/C15H28N2O2/c1-11-9-12(2)17(10-11)8-4-7-15(3,14(18)19)16-13-5-6-13/h11-13,16H,4-10H2,1-3H3,(H,18,19).